The van der Waals surface area contributed by atoms with Gasteiger partial charge >= 0.3 is 0 Å². The van der Waals surface area contributed by atoms with Crippen molar-refractivity contribution in [2.75, 3.05) is 0 Å². The van der Waals surface area contributed by atoms with E-state index in [1.165, 1.54) is 12.8 Å². The van der Waals surface area contributed by atoms with Gasteiger partial charge in [-0.05, 0) is 29.6 Å². The molecule has 2 aliphatic carbocycles. The lowest BCUT2D eigenvalue weighted by Crippen LogP contribution is -2.30. The highest BCUT2D eigenvalue weighted by molar-refractivity contribution is 5.16. The second-order valence-electron chi connectivity index (χ2n) is 4.78. The highest BCUT2D eigenvalue weighted by Gasteiger charge is 2.66. The minimum absolute atomic E-state index is 0.505. The number of hydrogen-bond donors (Lipinski definition) is 1. The zero-order chi connectivity index (χ0) is 8.22. The molecule has 0 radical (unpaired) electrons. The molecule has 5 atom stereocenters. The lowest BCUT2D eigenvalue weighted by atomic mass is 9.88. The fourth-order valence-corrected chi connectivity index (χ4v) is 3.23. The summed E-state index contributed by atoms with van der Waals surface area (Å²) in [6, 6.07) is 0.505. The maximum Gasteiger partial charge on any atom is 0.0101 e. The summed E-state index contributed by atoms with van der Waals surface area (Å²) < 4.78 is 0. The van der Waals surface area contributed by atoms with Crippen molar-refractivity contribution in [3.8, 4) is 0 Å². The molecule has 0 amide bonds. The molecule has 0 aromatic rings. The molecule has 0 aliphatic heterocycles. The Morgan fingerprint density at radius 3 is 2.55 bits per heavy atom. The van der Waals surface area contributed by atoms with Crippen LogP contribution in [0.1, 0.15) is 33.6 Å². The van der Waals surface area contributed by atoms with E-state index < -0.39 is 0 Å². The third-order valence-corrected chi connectivity index (χ3v) is 4.39. The Hall–Kier alpha value is -0.0400. The smallest absolute Gasteiger partial charge is 0.0101 e. The molecule has 0 saturated heterocycles. The molecule has 0 heterocycles. The predicted molar refractivity (Wildman–Crippen MR) is 47.1 cm³/mol. The number of nitrogens with two attached hydrogens (primary N) is 1. The molecule has 2 rings (SSSR count). The average Bonchev–Trinajstić information content (AvgIpc) is 2.42. The second kappa shape index (κ2) is 2.01. The Bertz CT molecular complexity index is 178. The van der Waals surface area contributed by atoms with Gasteiger partial charge in [-0.25, -0.2) is 0 Å². The van der Waals surface area contributed by atoms with Crippen LogP contribution < -0.4 is 5.73 Å². The van der Waals surface area contributed by atoms with Crippen molar-refractivity contribution in [1.29, 1.82) is 0 Å². The summed E-state index contributed by atoms with van der Waals surface area (Å²) in [6.45, 7) is 7.01. The quantitative estimate of drug-likeness (QED) is 0.612. The van der Waals surface area contributed by atoms with Gasteiger partial charge in [-0.15, -0.1) is 0 Å². The SMILES string of the molecule is CCC1(C)C2CC(C)[C@H](N)C21. The van der Waals surface area contributed by atoms with Crippen LogP contribution in [0, 0.1) is 23.2 Å². The molecule has 64 valence electrons. The monoisotopic (exact) mass is 153 g/mol. The zero-order valence-electron chi connectivity index (χ0n) is 7.80. The lowest BCUT2D eigenvalue weighted by molar-refractivity contribution is 0.324. The summed E-state index contributed by atoms with van der Waals surface area (Å²) in [5.41, 5.74) is 6.75. The first kappa shape index (κ1) is 7.60. The fraction of sp³-hybridized carbons (Fsp3) is 1.00. The number of fused-ring (bicyclic) bond motifs is 1. The van der Waals surface area contributed by atoms with Gasteiger partial charge in [-0.2, -0.15) is 0 Å². The van der Waals surface area contributed by atoms with Gasteiger partial charge in [0.25, 0.3) is 0 Å². The van der Waals surface area contributed by atoms with Crippen LogP contribution in [0.15, 0.2) is 0 Å². The van der Waals surface area contributed by atoms with Crippen molar-refractivity contribution < 1.29 is 0 Å². The van der Waals surface area contributed by atoms with Crippen molar-refractivity contribution in [2.24, 2.45) is 28.9 Å². The Labute approximate surface area is 69.4 Å². The van der Waals surface area contributed by atoms with Crippen molar-refractivity contribution >= 4 is 0 Å². The van der Waals surface area contributed by atoms with Crippen LogP contribution in [0.3, 0.4) is 0 Å². The van der Waals surface area contributed by atoms with Crippen LogP contribution in [0.5, 0.6) is 0 Å². The van der Waals surface area contributed by atoms with Gasteiger partial charge in [-0.1, -0.05) is 27.2 Å². The van der Waals surface area contributed by atoms with E-state index in [0.29, 0.717) is 11.5 Å². The Morgan fingerprint density at radius 2 is 2.18 bits per heavy atom. The second-order valence-corrected chi connectivity index (χ2v) is 4.78. The van der Waals surface area contributed by atoms with Crippen molar-refractivity contribution in [2.45, 2.75) is 39.7 Å². The van der Waals surface area contributed by atoms with Crippen LogP contribution in [0.25, 0.3) is 0 Å². The molecule has 0 aromatic carbocycles. The minimum atomic E-state index is 0.505. The molecule has 4 unspecified atom stereocenters. The molecule has 11 heavy (non-hydrogen) atoms. The summed E-state index contributed by atoms with van der Waals surface area (Å²) in [5.74, 6) is 2.62. The zero-order valence-corrected chi connectivity index (χ0v) is 7.80. The normalized spacial score (nSPS) is 61.1. The first-order chi connectivity index (χ1) is 5.11. The molecular formula is C10H19N. The van der Waals surface area contributed by atoms with E-state index in [1.807, 2.05) is 0 Å². The average molecular weight is 153 g/mol. The van der Waals surface area contributed by atoms with Gasteiger partial charge in [0, 0.05) is 6.04 Å². The van der Waals surface area contributed by atoms with Crippen LogP contribution in [-0.4, -0.2) is 6.04 Å². The third-order valence-electron chi connectivity index (χ3n) is 4.39. The van der Waals surface area contributed by atoms with Gasteiger partial charge < -0.3 is 5.73 Å². The standard InChI is InChI=1S/C10H19N/c1-4-10(3)7-5-6(2)9(11)8(7)10/h6-9H,4-5,11H2,1-3H3/t6?,7?,8?,9-,10?/m0/s1. The molecular weight excluding hydrogens is 134 g/mol. The van der Waals surface area contributed by atoms with Crippen molar-refractivity contribution in [3.05, 3.63) is 0 Å². The van der Waals surface area contributed by atoms with E-state index in [1.54, 1.807) is 0 Å². The Morgan fingerprint density at radius 1 is 1.55 bits per heavy atom. The largest absolute Gasteiger partial charge is 0.327 e. The van der Waals surface area contributed by atoms with Gasteiger partial charge in [-0.3, -0.25) is 0 Å². The Balaban J connectivity index is 2.10. The first-order valence-electron chi connectivity index (χ1n) is 4.87. The van der Waals surface area contributed by atoms with Crippen LogP contribution in [0.4, 0.5) is 0 Å². The third kappa shape index (κ3) is 0.752. The predicted octanol–water partition coefficient (Wildman–Crippen LogP) is 2.02. The van der Waals surface area contributed by atoms with Gasteiger partial charge in [0.05, 0.1) is 0 Å². The van der Waals surface area contributed by atoms with E-state index in [4.69, 9.17) is 5.73 Å². The summed E-state index contributed by atoms with van der Waals surface area (Å²) in [5, 5.41) is 0. The maximum absolute atomic E-state index is 6.11. The highest BCUT2D eigenvalue weighted by atomic mass is 14.8. The molecule has 2 aliphatic rings. The lowest BCUT2D eigenvalue weighted by Gasteiger charge is -2.21. The Kier molecular flexibility index (Phi) is 1.39. The van der Waals surface area contributed by atoms with Gasteiger partial charge in [0.2, 0.25) is 0 Å². The van der Waals surface area contributed by atoms with E-state index in [2.05, 4.69) is 20.8 Å². The fourth-order valence-electron chi connectivity index (χ4n) is 3.23. The molecule has 0 aromatic heterocycles. The van der Waals surface area contributed by atoms with Gasteiger partial charge in [0.1, 0.15) is 0 Å². The van der Waals surface area contributed by atoms with Crippen molar-refractivity contribution in [3.63, 3.8) is 0 Å². The summed E-state index contributed by atoms with van der Waals surface area (Å²) in [4.78, 5) is 0. The van der Waals surface area contributed by atoms with E-state index in [9.17, 15) is 0 Å². The molecule has 2 N–H and O–H groups in total. The van der Waals surface area contributed by atoms with Crippen LogP contribution >= 0.6 is 0 Å². The van der Waals surface area contributed by atoms with Crippen molar-refractivity contribution in [1.82, 2.24) is 0 Å². The highest BCUT2D eigenvalue weighted by Crippen LogP contribution is 2.69. The first-order valence-corrected chi connectivity index (χ1v) is 4.87. The molecule has 0 spiro atoms. The van der Waals surface area contributed by atoms with Gasteiger partial charge in [0.15, 0.2) is 0 Å². The number of rotatable bonds is 1. The van der Waals surface area contributed by atoms with Crippen LogP contribution in [0.2, 0.25) is 0 Å². The molecule has 2 fully saturated rings. The van der Waals surface area contributed by atoms with E-state index in [-0.39, 0.29) is 0 Å². The summed E-state index contributed by atoms with van der Waals surface area (Å²) >= 11 is 0. The molecule has 0 bridgehead atoms. The summed E-state index contributed by atoms with van der Waals surface area (Å²) in [6.07, 6.45) is 2.71. The number of hydrogen-bond acceptors (Lipinski definition) is 1. The summed E-state index contributed by atoms with van der Waals surface area (Å²) in [7, 11) is 0. The van der Waals surface area contributed by atoms with Crippen LogP contribution in [-0.2, 0) is 0 Å². The molecule has 1 heteroatoms. The topological polar surface area (TPSA) is 26.0 Å². The van der Waals surface area contributed by atoms with E-state index in [0.717, 1.165) is 17.8 Å². The minimum Gasteiger partial charge on any atom is -0.327 e. The maximum atomic E-state index is 6.11. The molecule has 1 nitrogen and oxygen atoms in total. The molecule has 2 saturated carbocycles. The van der Waals surface area contributed by atoms with E-state index >= 15 is 0 Å².